The van der Waals surface area contributed by atoms with Gasteiger partial charge in [0.2, 0.25) is 0 Å². The first-order valence-corrected chi connectivity index (χ1v) is 31.3. The van der Waals surface area contributed by atoms with E-state index in [0.717, 1.165) is 38.5 Å². The zero-order chi connectivity index (χ0) is 50.2. The topological polar surface area (TPSA) is 134 Å². The van der Waals surface area contributed by atoms with Gasteiger partial charge in [-0.15, -0.1) is 0 Å². The molecule has 69 heavy (non-hydrogen) atoms. The molecule has 0 aromatic heterocycles. The van der Waals surface area contributed by atoms with E-state index >= 15 is 0 Å². The second-order valence-electron chi connectivity index (χ2n) is 20.2. The minimum atomic E-state index is -4.38. The SMILES string of the molecule is CCCCCCC/C=C\C/C=C\CCCCCCCCCCCCCCCCCCCCCCCCCCCC(=O)OC(COC(=O)CCCCCCCCCCCCC)COP(=O)(O)OCCN. The number of hydrogen-bond acceptors (Lipinski definition) is 8. The number of carbonyl (C=O) groups is 2. The van der Waals surface area contributed by atoms with Crippen molar-refractivity contribution in [2.75, 3.05) is 26.4 Å². The third-order valence-corrected chi connectivity index (χ3v) is 14.3. The van der Waals surface area contributed by atoms with Gasteiger partial charge in [0.25, 0.3) is 0 Å². The van der Waals surface area contributed by atoms with Gasteiger partial charge in [-0.3, -0.25) is 18.6 Å². The van der Waals surface area contributed by atoms with Gasteiger partial charge >= 0.3 is 19.8 Å². The van der Waals surface area contributed by atoms with E-state index in [9.17, 15) is 19.0 Å². The summed E-state index contributed by atoms with van der Waals surface area (Å²) in [7, 11) is -4.38. The van der Waals surface area contributed by atoms with Crippen molar-refractivity contribution < 1.29 is 37.6 Å². The molecule has 9 nitrogen and oxygen atoms in total. The van der Waals surface area contributed by atoms with Gasteiger partial charge in [-0.25, -0.2) is 4.57 Å². The Bertz CT molecular complexity index is 1180. The fourth-order valence-corrected chi connectivity index (χ4v) is 9.67. The second kappa shape index (κ2) is 55.8. The largest absolute Gasteiger partial charge is 0.472 e. The van der Waals surface area contributed by atoms with Crippen molar-refractivity contribution in [3.63, 3.8) is 0 Å². The summed E-state index contributed by atoms with van der Waals surface area (Å²) >= 11 is 0. The van der Waals surface area contributed by atoms with Gasteiger partial charge in [-0.05, 0) is 44.9 Å². The zero-order valence-corrected chi connectivity index (χ0v) is 46.5. The van der Waals surface area contributed by atoms with Crippen LogP contribution in [0.15, 0.2) is 24.3 Å². The third kappa shape index (κ3) is 55.7. The molecule has 0 spiro atoms. The van der Waals surface area contributed by atoms with Crippen LogP contribution >= 0.6 is 7.82 Å². The molecule has 0 saturated carbocycles. The van der Waals surface area contributed by atoms with Crippen LogP contribution in [0.2, 0.25) is 0 Å². The highest BCUT2D eigenvalue weighted by molar-refractivity contribution is 7.47. The first-order valence-electron chi connectivity index (χ1n) is 29.8. The highest BCUT2D eigenvalue weighted by Crippen LogP contribution is 2.43. The van der Waals surface area contributed by atoms with E-state index < -0.39 is 26.5 Å². The van der Waals surface area contributed by atoms with Crippen molar-refractivity contribution in [1.82, 2.24) is 0 Å². The summed E-state index contributed by atoms with van der Waals surface area (Å²) in [5.74, 6) is -0.812. The molecule has 0 amide bonds. The number of carbonyl (C=O) groups excluding carboxylic acids is 2. The smallest absolute Gasteiger partial charge is 0.462 e. The fraction of sp³-hybridized carbons (Fsp3) is 0.898. The predicted molar refractivity (Wildman–Crippen MR) is 294 cm³/mol. The summed E-state index contributed by atoms with van der Waals surface area (Å²) in [6.45, 7) is 3.76. The summed E-state index contributed by atoms with van der Waals surface area (Å²) in [6.07, 6.45) is 65.6. The molecular weight excluding hydrogens is 882 g/mol. The summed E-state index contributed by atoms with van der Waals surface area (Å²) in [6, 6.07) is 0. The van der Waals surface area contributed by atoms with Crippen LogP contribution in [0.3, 0.4) is 0 Å². The average Bonchev–Trinajstić information content (AvgIpc) is 3.34. The molecule has 0 saturated heterocycles. The number of ether oxygens (including phenoxy) is 2. The normalized spacial score (nSPS) is 13.2. The van der Waals surface area contributed by atoms with Gasteiger partial charge in [-0.2, -0.15) is 0 Å². The van der Waals surface area contributed by atoms with Gasteiger partial charge in [0.1, 0.15) is 6.61 Å². The Morgan fingerprint density at radius 1 is 0.435 bits per heavy atom. The number of phosphoric acid groups is 1. The zero-order valence-electron chi connectivity index (χ0n) is 45.6. The Morgan fingerprint density at radius 2 is 0.754 bits per heavy atom. The summed E-state index contributed by atoms with van der Waals surface area (Å²) in [4.78, 5) is 35.0. The molecule has 0 heterocycles. The van der Waals surface area contributed by atoms with Crippen LogP contribution in [0.4, 0.5) is 0 Å². The van der Waals surface area contributed by atoms with E-state index in [1.54, 1.807) is 0 Å². The molecule has 408 valence electrons. The molecule has 3 N–H and O–H groups in total. The van der Waals surface area contributed by atoms with Crippen LogP contribution in [0.25, 0.3) is 0 Å². The van der Waals surface area contributed by atoms with E-state index in [4.69, 9.17) is 24.3 Å². The fourth-order valence-electron chi connectivity index (χ4n) is 8.91. The molecule has 0 aromatic carbocycles. The molecule has 0 radical (unpaired) electrons. The van der Waals surface area contributed by atoms with Crippen LogP contribution in [0, 0.1) is 0 Å². The highest BCUT2D eigenvalue weighted by Gasteiger charge is 2.26. The number of nitrogens with two attached hydrogens (primary N) is 1. The lowest BCUT2D eigenvalue weighted by molar-refractivity contribution is -0.161. The van der Waals surface area contributed by atoms with Crippen LogP contribution in [-0.4, -0.2) is 49.3 Å². The lowest BCUT2D eigenvalue weighted by Crippen LogP contribution is -2.29. The van der Waals surface area contributed by atoms with Gasteiger partial charge in [0, 0.05) is 19.4 Å². The van der Waals surface area contributed by atoms with Crippen molar-refractivity contribution >= 4 is 19.8 Å². The molecule has 2 atom stereocenters. The maximum atomic E-state index is 12.7. The maximum Gasteiger partial charge on any atom is 0.472 e. The Hall–Kier alpha value is -1.51. The Balaban J connectivity index is 3.72. The van der Waals surface area contributed by atoms with Gasteiger partial charge in [0.15, 0.2) is 6.10 Å². The number of rotatable bonds is 57. The van der Waals surface area contributed by atoms with Crippen LogP contribution in [0.1, 0.15) is 309 Å². The highest BCUT2D eigenvalue weighted by atomic mass is 31.2. The number of allylic oxidation sites excluding steroid dienone is 4. The molecule has 0 aliphatic rings. The molecule has 2 unspecified atom stereocenters. The minimum Gasteiger partial charge on any atom is -0.462 e. The van der Waals surface area contributed by atoms with Crippen LogP contribution in [-0.2, 0) is 32.7 Å². The van der Waals surface area contributed by atoms with E-state index in [2.05, 4.69) is 38.2 Å². The molecule has 0 bridgehead atoms. The average molecular weight is 997 g/mol. The van der Waals surface area contributed by atoms with E-state index in [-0.39, 0.29) is 38.6 Å². The lowest BCUT2D eigenvalue weighted by Gasteiger charge is -2.19. The van der Waals surface area contributed by atoms with Crippen molar-refractivity contribution in [2.24, 2.45) is 5.73 Å². The molecule has 0 aromatic rings. The second-order valence-corrected chi connectivity index (χ2v) is 21.7. The summed E-state index contributed by atoms with van der Waals surface area (Å²) < 4.78 is 32.9. The van der Waals surface area contributed by atoms with Gasteiger partial charge in [0.05, 0.1) is 13.2 Å². The Kier molecular flexibility index (Phi) is 54.6. The molecule has 0 rings (SSSR count). The molecule has 0 aliphatic carbocycles. The number of phosphoric ester groups is 1. The molecule has 0 aliphatic heterocycles. The predicted octanol–water partition coefficient (Wildman–Crippen LogP) is 18.6. The van der Waals surface area contributed by atoms with Gasteiger partial charge < -0.3 is 20.1 Å². The number of unbranched alkanes of at least 4 members (excludes halogenated alkanes) is 40. The first-order chi connectivity index (χ1) is 33.8. The van der Waals surface area contributed by atoms with Crippen LogP contribution < -0.4 is 5.73 Å². The number of hydrogen-bond donors (Lipinski definition) is 2. The van der Waals surface area contributed by atoms with Crippen LogP contribution in [0.5, 0.6) is 0 Å². The molecule has 0 fully saturated rings. The monoisotopic (exact) mass is 996 g/mol. The lowest BCUT2D eigenvalue weighted by atomic mass is 10.0. The number of esters is 2. The van der Waals surface area contributed by atoms with E-state index in [1.165, 1.54) is 238 Å². The standard InChI is InChI=1S/C59H114NO8P/c1-3-5-7-9-11-13-15-16-17-18-19-20-21-22-23-24-25-26-27-28-29-30-31-32-33-34-35-36-37-38-39-40-42-44-46-48-50-52-59(62)68-57(56-67-69(63,64)66-54-53-60)55-65-58(61)51-49-47-45-43-41-14-12-10-8-6-4-2/h15-16,18-19,57H,3-14,17,20-56,60H2,1-2H3,(H,63,64)/b16-15-,19-18-. The maximum absolute atomic E-state index is 12.7. The first kappa shape index (κ1) is 67.5. The third-order valence-electron chi connectivity index (χ3n) is 13.3. The summed E-state index contributed by atoms with van der Waals surface area (Å²) in [5, 5.41) is 0. The van der Waals surface area contributed by atoms with Gasteiger partial charge in [-0.1, -0.05) is 276 Å². The summed E-state index contributed by atoms with van der Waals surface area (Å²) in [5.41, 5.74) is 5.37. The Morgan fingerprint density at radius 3 is 1.10 bits per heavy atom. The minimum absolute atomic E-state index is 0.0570. The molecule has 10 heteroatoms. The van der Waals surface area contributed by atoms with Crippen molar-refractivity contribution in [1.29, 1.82) is 0 Å². The van der Waals surface area contributed by atoms with Crippen molar-refractivity contribution in [3.05, 3.63) is 24.3 Å². The quantitative estimate of drug-likeness (QED) is 0.0264. The van der Waals surface area contributed by atoms with Crippen molar-refractivity contribution in [2.45, 2.75) is 315 Å². The van der Waals surface area contributed by atoms with E-state index in [1.807, 2.05) is 0 Å². The van der Waals surface area contributed by atoms with E-state index in [0.29, 0.717) is 6.42 Å². The molecular formula is C59H114NO8P. The Labute approximate surface area is 427 Å². The van der Waals surface area contributed by atoms with Crippen molar-refractivity contribution in [3.8, 4) is 0 Å².